The molecule has 33 heavy (non-hydrogen) atoms. The zero-order chi connectivity index (χ0) is 23.8. The second-order valence-corrected chi connectivity index (χ2v) is 8.74. The lowest BCUT2D eigenvalue weighted by atomic mass is 10.0. The highest BCUT2D eigenvalue weighted by molar-refractivity contribution is 6.31. The van der Waals surface area contributed by atoms with Gasteiger partial charge < -0.3 is 21.1 Å². The lowest BCUT2D eigenvalue weighted by molar-refractivity contribution is -0.122. The highest BCUT2D eigenvalue weighted by Crippen LogP contribution is 2.34. The first-order valence-corrected chi connectivity index (χ1v) is 11.7. The minimum atomic E-state index is -0.541. The predicted octanol–water partition coefficient (Wildman–Crippen LogP) is 4.49. The molecule has 2 aromatic rings. The van der Waals surface area contributed by atoms with Crippen LogP contribution in [0.3, 0.4) is 0 Å². The average Bonchev–Trinajstić information content (AvgIpc) is 3.12. The lowest BCUT2D eigenvalue weighted by Gasteiger charge is -2.23. The number of nitrogens with one attached hydrogen (secondary N) is 3. The van der Waals surface area contributed by atoms with Gasteiger partial charge in [0.2, 0.25) is 12.3 Å². The van der Waals surface area contributed by atoms with Crippen LogP contribution in [0.1, 0.15) is 73.0 Å². The van der Waals surface area contributed by atoms with Crippen molar-refractivity contribution in [2.24, 2.45) is 0 Å². The summed E-state index contributed by atoms with van der Waals surface area (Å²) in [6, 6.07) is 9.71. The Bertz CT molecular complexity index is 1010. The molecule has 0 bridgehead atoms. The fourth-order valence-corrected chi connectivity index (χ4v) is 4.45. The first-order chi connectivity index (χ1) is 15.9. The third-order valence-corrected chi connectivity index (χ3v) is 6.12. The number of benzene rings is 2. The van der Waals surface area contributed by atoms with E-state index in [-0.39, 0.29) is 40.0 Å². The van der Waals surface area contributed by atoms with Crippen molar-refractivity contribution in [3.8, 4) is 5.75 Å². The molecule has 3 rings (SSSR count). The number of phenols is 1. The van der Waals surface area contributed by atoms with Crippen molar-refractivity contribution in [2.75, 3.05) is 5.32 Å². The molecule has 0 heterocycles. The van der Waals surface area contributed by atoms with Crippen molar-refractivity contribution >= 4 is 35.5 Å². The van der Waals surface area contributed by atoms with Crippen molar-refractivity contribution in [1.29, 1.82) is 0 Å². The lowest BCUT2D eigenvalue weighted by Crippen LogP contribution is -2.44. The molecule has 0 aliphatic heterocycles. The topological polar surface area (TPSA) is 108 Å². The Morgan fingerprint density at radius 1 is 1.12 bits per heavy atom. The molecule has 3 amide bonds. The van der Waals surface area contributed by atoms with Gasteiger partial charge in [-0.2, -0.15) is 0 Å². The van der Waals surface area contributed by atoms with Gasteiger partial charge in [-0.3, -0.25) is 14.4 Å². The maximum Gasteiger partial charge on any atom is 0.255 e. The summed E-state index contributed by atoms with van der Waals surface area (Å²) in [4.78, 5) is 36.5. The highest BCUT2D eigenvalue weighted by Gasteiger charge is 2.35. The van der Waals surface area contributed by atoms with Gasteiger partial charge in [0.05, 0.1) is 23.3 Å². The molecule has 0 spiro atoms. The Labute approximate surface area is 198 Å². The standard InChI is InChI=1S/C25H30ClN3O4/c1-2-3-4-5-6-11-22(31)29-23-18-10-8-7-9-16(18)12-20(23)28-25(33)19-13-17(26)14-21(24(19)32)27-15-30/h7-10,13-15,20,23,32H,2-6,11-12H2,1H3,(H,27,30)(H,28,33)(H,29,31). The van der Waals surface area contributed by atoms with E-state index in [4.69, 9.17) is 11.6 Å². The van der Waals surface area contributed by atoms with E-state index in [0.29, 0.717) is 19.3 Å². The van der Waals surface area contributed by atoms with Crippen molar-refractivity contribution < 1.29 is 19.5 Å². The van der Waals surface area contributed by atoms with E-state index in [1.807, 2.05) is 24.3 Å². The third-order valence-electron chi connectivity index (χ3n) is 5.91. The molecule has 2 aromatic carbocycles. The summed E-state index contributed by atoms with van der Waals surface area (Å²) < 4.78 is 0. The molecular formula is C25H30ClN3O4. The summed E-state index contributed by atoms with van der Waals surface area (Å²) in [5.41, 5.74) is 2.02. The average molecular weight is 472 g/mol. The zero-order valence-electron chi connectivity index (χ0n) is 18.7. The molecule has 0 radical (unpaired) electrons. The number of fused-ring (bicyclic) bond motifs is 1. The van der Waals surface area contributed by atoms with Crippen molar-refractivity contribution in [1.82, 2.24) is 10.6 Å². The Morgan fingerprint density at radius 3 is 2.64 bits per heavy atom. The second kappa shape index (κ2) is 11.7. The Balaban J connectivity index is 1.73. The number of carbonyl (C=O) groups is 3. The molecule has 8 heteroatoms. The number of aromatic hydroxyl groups is 1. The van der Waals surface area contributed by atoms with Gasteiger partial charge >= 0.3 is 0 Å². The highest BCUT2D eigenvalue weighted by atomic mass is 35.5. The van der Waals surface area contributed by atoms with Crippen LogP contribution in [-0.2, 0) is 16.0 Å². The van der Waals surface area contributed by atoms with Crippen molar-refractivity contribution in [3.63, 3.8) is 0 Å². The molecule has 0 saturated carbocycles. The summed E-state index contributed by atoms with van der Waals surface area (Å²) in [6.45, 7) is 2.15. The zero-order valence-corrected chi connectivity index (χ0v) is 19.5. The molecule has 0 fully saturated rings. The smallest absolute Gasteiger partial charge is 0.255 e. The van der Waals surface area contributed by atoms with Crippen molar-refractivity contribution in [2.45, 2.75) is 64.0 Å². The van der Waals surface area contributed by atoms with Gasteiger partial charge in [0.25, 0.3) is 5.91 Å². The van der Waals surface area contributed by atoms with E-state index in [1.165, 1.54) is 18.6 Å². The van der Waals surface area contributed by atoms with Gasteiger partial charge in [-0.25, -0.2) is 0 Å². The number of rotatable bonds is 11. The Kier molecular flexibility index (Phi) is 8.72. The van der Waals surface area contributed by atoms with Crippen LogP contribution >= 0.6 is 11.6 Å². The third kappa shape index (κ3) is 6.26. The molecule has 2 unspecified atom stereocenters. The number of hydrogen-bond acceptors (Lipinski definition) is 4. The molecule has 176 valence electrons. The molecular weight excluding hydrogens is 442 g/mol. The van der Waals surface area contributed by atoms with E-state index in [9.17, 15) is 19.5 Å². The molecule has 1 aliphatic rings. The van der Waals surface area contributed by atoms with Crippen LogP contribution in [0.5, 0.6) is 5.75 Å². The Morgan fingerprint density at radius 2 is 1.88 bits per heavy atom. The molecule has 0 saturated heterocycles. The van der Waals surface area contributed by atoms with Gasteiger partial charge in [0, 0.05) is 11.4 Å². The Hall–Kier alpha value is -3.06. The van der Waals surface area contributed by atoms with Gasteiger partial charge in [-0.15, -0.1) is 0 Å². The molecule has 7 nitrogen and oxygen atoms in total. The summed E-state index contributed by atoms with van der Waals surface area (Å²) in [7, 11) is 0. The van der Waals surface area contributed by atoms with Gasteiger partial charge in [0.15, 0.2) is 5.75 Å². The normalized spacial score (nSPS) is 16.7. The predicted molar refractivity (Wildman–Crippen MR) is 128 cm³/mol. The minimum Gasteiger partial charge on any atom is -0.505 e. The monoisotopic (exact) mass is 471 g/mol. The number of amides is 3. The summed E-state index contributed by atoms with van der Waals surface area (Å²) in [5.74, 6) is -0.955. The van der Waals surface area contributed by atoms with E-state index < -0.39 is 5.91 Å². The van der Waals surface area contributed by atoms with E-state index in [1.54, 1.807) is 0 Å². The maximum absolute atomic E-state index is 13.0. The summed E-state index contributed by atoms with van der Waals surface area (Å²) >= 11 is 6.07. The first kappa shape index (κ1) is 24.6. The van der Waals surface area contributed by atoms with E-state index >= 15 is 0 Å². The molecule has 2 atom stereocenters. The quantitative estimate of drug-likeness (QED) is 0.220. The fourth-order valence-electron chi connectivity index (χ4n) is 4.23. The van der Waals surface area contributed by atoms with Crippen LogP contribution in [0.4, 0.5) is 5.69 Å². The van der Waals surface area contributed by atoms with Crippen LogP contribution in [0, 0.1) is 0 Å². The second-order valence-electron chi connectivity index (χ2n) is 8.30. The van der Waals surface area contributed by atoms with Gasteiger partial charge in [-0.1, -0.05) is 68.5 Å². The number of phenolic OH excluding ortho intramolecular Hbond substituents is 1. The molecule has 0 aromatic heterocycles. The first-order valence-electron chi connectivity index (χ1n) is 11.3. The van der Waals surface area contributed by atoms with Crippen LogP contribution in [0.15, 0.2) is 36.4 Å². The van der Waals surface area contributed by atoms with Crippen molar-refractivity contribution in [3.05, 3.63) is 58.1 Å². The van der Waals surface area contributed by atoms with Crippen LogP contribution in [0.2, 0.25) is 5.02 Å². The summed E-state index contributed by atoms with van der Waals surface area (Å²) in [5, 5.41) is 19.0. The largest absolute Gasteiger partial charge is 0.505 e. The minimum absolute atomic E-state index is 0.0458. The van der Waals surface area contributed by atoms with Crippen LogP contribution in [-0.4, -0.2) is 29.4 Å². The number of halogens is 1. The van der Waals surface area contributed by atoms with Gasteiger partial charge in [-0.05, 0) is 36.1 Å². The molecule has 1 aliphatic carbocycles. The van der Waals surface area contributed by atoms with E-state index in [0.717, 1.165) is 36.8 Å². The maximum atomic E-state index is 13.0. The van der Waals surface area contributed by atoms with Gasteiger partial charge in [0.1, 0.15) is 0 Å². The number of unbranched alkanes of at least 4 members (excludes halogenated alkanes) is 4. The van der Waals surface area contributed by atoms with Crippen LogP contribution < -0.4 is 16.0 Å². The van der Waals surface area contributed by atoms with E-state index in [2.05, 4.69) is 22.9 Å². The van der Waals surface area contributed by atoms with Crippen LogP contribution in [0.25, 0.3) is 0 Å². The number of carbonyl (C=O) groups excluding carboxylic acids is 3. The summed E-state index contributed by atoms with van der Waals surface area (Å²) in [6.07, 6.45) is 6.69. The molecule has 4 N–H and O–H groups in total. The number of hydrogen-bond donors (Lipinski definition) is 4. The SMILES string of the molecule is CCCCCCCC(=O)NC1c2ccccc2CC1NC(=O)c1cc(Cl)cc(NC=O)c1O. The number of anilines is 1. The fraction of sp³-hybridized carbons (Fsp3) is 0.400.